The normalized spacial score (nSPS) is 10.7. The quantitative estimate of drug-likeness (QED) is 0.782. The summed E-state index contributed by atoms with van der Waals surface area (Å²) >= 11 is 0. The van der Waals surface area contributed by atoms with Crippen molar-refractivity contribution in [3.8, 4) is 0 Å². The molecule has 0 aliphatic carbocycles. The number of rotatable bonds is 4. The van der Waals surface area contributed by atoms with E-state index in [1.54, 1.807) is 25.3 Å². The molecule has 0 amide bonds. The molecule has 86 valence electrons. The number of hydrogen-bond donors (Lipinski definition) is 1. The number of aromatic amines is 1. The van der Waals surface area contributed by atoms with Gasteiger partial charge in [0.2, 0.25) is 5.56 Å². The molecule has 0 aliphatic heterocycles. The van der Waals surface area contributed by atoms with Crippen molar-refractivity contribution in [2.45, 2.75) is 13.3 Å². The lowest BCUT2D eigenvalue weighted by molar-refractivity contribution is 0.0987. The molecular formula is C12H16N2O2. The number of carbonyl (C=O) groups is 1. The average Bonchev–Trinajstić information content (AvgIpc) is 2.25. The fraction of sp³-hybridized carbons (Fsp3) is 0.333. The van der Waals surface area contributed by atoms with E-state index < -0.39 is 0 Å². The summed E-state index contributed by atoms with van der Waals surface area (Å²) in [6.07, 6.45) is 3.94. The van der Waals surface area contributed by atoms with Crippen molar-refractivity contribution >= 4 is 11.9 Å². The van der Waals surface area contributed by atoms with E-state index in [0.717, 1.165) is 0 Å². The van der Waals surface area contributed by atoms with Gasteiger partial charge in [-0.3, -0.25) is 9.59 Å². The summed E-state index contributed by atoms with van der Waals surface area (Å²) in [6, 6.07) is 2.94. The summed E-state index contributed by atoms with van der Waals surface area (Å²) in [5.74, 6) is 0.0228. The van der Waals surface area contributed by atoms with E-state index in [-0.39, 0.29) is 11.3 Å². The zero-order valence-corrected chi connectivity index (χ0v) is 9.78. The van der Waals surface area contributed by atoms with E-state index in [4.69, 9.17) is 0 Å². The molecule has 4 heteroatoms. The topological polar surface area (TPSA) is 53.2 Å². The summed E-state index contributed by atoms with van der Waals surface area (Å²) in [5, 5.41) is 0. The van der Waals surface area contributed by atoms with Crippen molar-refractivity contribution < 1.29 is 4.79 Å². The van der Waals surface area contributed by atoms with E-state index in [1.807, 2.05) is 19.0 Å². The van der Waals surface area contributed by atoms with Crippen molar-refractivity contribution in [2.24, 2.45) is 0 Å². The van der Waals surface area contributed by atoms with Gasteiger partial charge in [0.05, 0.1) is 5.69 Å². The van der Waals surface area contributed by atoms with E-state index in [9.17, 15) is 9.59 Å². The van der Waals surface area contributed by atoms with Crippen LogP contribution in [0.5, 0.6) is 0 Å². The minimum absolute atomic E-state index is 0.0228. The van der Waals surface area contributed by atoms with Gasteiger partial charge in [-0.1, -0.05) is 6.92 Å². The zero-order valence-electron chi connectivity index (χ0n) is 9.78. The van der Waals surface area contributed by atoms with Gasteiger partial charge in [0.1, 0.15) is 0 Å². The highest BCUT2D eigenvalue weighted by Crippen LogP contribution is 2.08. The Hall–Kier alpha value is -1.84. The fourth-order valence-corrected chi connectivity index (χ4v) is 1.28. The van der Waals surface area contributed by atoms with E-state index in [0.29, 0.717) is 17.7 Å². The number of nitrogens with one attached hydrogen (secondary N) is 1. The molecule has 1 rings (SSSR count). The number of aromatic nitrogens is 1. The number of Topliss-reactive ketones (excluding diaryl/α,β-unsaturated/α-hetero) is 1. The SMILES string of the molecule is CCC(=O)c1ccc(=O)[nH]c1C=CN(C)C. The predicted molar refractivity (Wildman–Crippen MR) is 64.4 cm³/mol. The molecule has 0 saturated heterocycles. The molecule has 4 nitrogen and oxygen atoms in total. The van der Waals surface area contributed by atoms with Crippen LogP contribution in [0.4, 0.5) is 0 Å². The lowest BCUT2D eigenvalue weighted by Gasteiger charge is -2.06. The number of H-pyrrole nitrogens is 1. The smallest absolute Gasteiger partial charge is 0.248 e. The van der Waals surface area contributed by atoms with Gasteiger partial charge in [-0.15, -0.1) is 0 Å². The Balaban J connectivity index is 3.18. The second kappa shape index (κ2) is 5.30. The third-order valence-electron chi connectivity index (χ3n) is 2.11. The van der Waals surface area contributed by atoms with E-state index in [2.05, 4.69) is 4.98 Å². The second-order valence-electron chi connectivity index (χ2n) is 3.71. The molecular weight excluding hydrogens is 204 g/mol. The molecule has 0 saturated carbocycles. The van der Waals surface area contributed by atoms with E-state index >= 15 is 0 Å². The Kier molecular flexibility index (Phi) is 4.05. The first-order valence-electron chi connectivity index (χ1n) is 5.15. The predicted octanol–water partition coefficient (Wildman–Crippen LogP) is 1.50. The summed E-state index contributed by atoms with van der Waals surface area (Å²) in [4.78, 5) is 27.3. The summed E-state index contributed by atoms with van der Waals surface area (Å²) < 4.78 is 0. The molecule has 1 aromatic rings. The molecule has 0 radical (unpaired) electrons. The first-order valence-corrected chi connectivity index (χ1v) is 5.15. The maximum atomic E-state index is 11.6. The molecule has 0 atom stereocenters. The lowest BCUT2D eigenvalue weighted by Crippen LogP contribution is -2.11. The number of ketones is 1. The fourth-order valence-electron chi connectivity index (χ4n) is 1.28. The Morgan fingerprint density at radius 1 is 1.44 bits per heavy atom. The van der Waals surface area contributed by atoms with Crippen molar-refractivity contribution in [1.29, 1.82) is 0 Å². The van der Waals surface area contributed by atoms with Crippen LogP contribution in [0.15, 0.2) is 23.1 Å². The van der Waals surface area contributed by atoms with Gasteiger partial charge in [-0.2, -0.15) is 0 Å². The zero-order chi connectivity index (χ0) is 12.1. The van der Waals surface area contributed by atoms with Crippen LogP contribution in [0.25, 0.3) is 6.08 Å². The minimum atomic E-state index is -0.203. The van der Waals surface area contributed by atoms with Gasteiger partial charge < -0.3 is 9.88 Å². The number of nitrogens with zero attached hydrogens (tertiary/aromatic N) is 1. The molecule has 1 aromatic heterocycles. The average molecular weight is 220 g/mol. The maximum absolute atomic E-state index is 11.6. The van der Waals surface area contributed by atoms with Crippen LogP contribution in [0, 0.1) is 0 Å². The summed E-state index contributed by atoms with van der Waals surface area (Å²) in [5.41, 5.74) is 0.916. The van der Waals surface area contributed by atoms with E-state index in [1.165, 1.54) is 6.07 Å². The van der Waals surface area contributed by atoms with Crippen LogP contribution in [-0.4, -0.2) is 29.8 Å². The van der Waals surface area contributed by atoms with Crippen molar-refractivity contribution in [3.05, 3.63) is 39.9 Å². The first-order chi connectivity index (χ1) is 7.54. The third-order valence-corrected chi connectivity index (χ3v) is 2.11. The third kappa shape index (κ3) is 3.08. The summed E-state index contributed by atoms with van der Waals surface area (Å²) in [7, 11) is 3.75. The molecule has 1 heterocycles. The van der Waals surface area contributed by atoms with Gasteiger partial charge >= 0.3 is 0 Å². The molecule has 0 fully saturated rings. The largest absolute Gasteiger partial charge is 0.383 e. The first kappa shape index (κ1) is 12.2. The van der Waals surface area contributed by atoms with Gasteiger partial charge in [-0.05, 0) is 12.1 Å². The van der Waals surface area contributed by atoms with Crippen molar-refractivity contribution in [3.63, 3.8) is 0 Å². The number of hydrogen-bond acceptors (Lipinski definition) is 3. The molecule has 0 aromatic carbocycles. The minimum Gasteiger partial charge on any atom is -0.383 e. The van der Waals surface area contributed by atoms with Crippen LogP contribution < -0.4 is 5.56 Å². The molecule has 0 bridgehead atoms. The highest BCUT2D eigenvalue weighted by Gasteiger charge is 2.08. The Morgan fingerprint density at radius 2 is 2.12 bits per heavy atom. The molecule has 0 unspecified atom stereocenters. The second-order valence-corrected chi connectivity index (χ2v) is 3.71. The maximum Gasteiger partial charge on any atom is 0.248 e. The number of pyridine rings is 1. The highest BCUT2D eigenvalue weighted by molar-refractivity contribution is 5.98. The van der Waals surface area contributed by atoms with Crippen LogP contribution >= 0.6 is 0 Å². The van der Waals surface area contributed by atoms with Crippen LogP contribution in [0.3, 0.4) is 0 Å². The molecule has 0 spiro atoms. The summed E-state index contributed by atoms with van der Waals surface area (Å²) in [6.45, 7) is 1.80. The molecule has 1 N–H and O–H groups in total. The highest BCUT2D eigenvalue weighted by atomic mass is 16.1. The van der Waals surface area contributed by atoms with Crippen molar-refractivity contribution in [2.75, 3.05) is 14.1 Å². The number of carbonyl (C=O) groups excluding carboxylic acids is 1. The Labute approximate surface area is 94.6 Å². The van der Waals surface area contributed by atoms with Crippen LogP contribution in [-0.2, 0) is 0 Å². The monoisotopic (exact) mass is 220 g/mol. The Bertz CT molecular complexity index is 458. The van der Waals surface area contributed by atoms with Crippen LogP contribution in [0.2, 0.25) is 0 Å². The van der Waals surface area contributed by atoms with Gasteiger partial charge in [-0.25, -0.2) is 0 Å². The van der Waals surface area contributed by atoms with Gasteiger partial charge in [0.25, 0.3) is 0 Å². The molecule has 16 heavy (non-hydrogen) atoms. The van der Waals surface area contributed by atoms with Crippen molar-refractivity contribution in [1.82, 2.24) is 9.88 Å². The van der Waals surface area contributed by atoms with Gasteiger partial charge in [0.15, 0.2) is 5.78 Å². The Morgan fingerprint density at radius 3 is 2.69 bits per heavy atom. The van der Waals surface area contributed by atoms with Crippen LogP contribution in [0.1, 0.15) is 29.4 Å². The van der Waals surface area contributed by atoms with Gasteiger partial charge in [0, 0.05) is 38.3 Å². The molecule has 0 aliphatic rings. The lowest BCUT2D eigenvalue weighted by atomic mass is 10.1. The standard InChI is InChI=1S/C12H16N2O2/c1-4-11(15)9-5-6-12(16)13-10(9)7-8-14(2)3/h5-8H,4H2,1-3H3,(H,13,16).